The molecular weight excluding hydrogens is 310 g/mol. The summed E-state index contributed by atoms with van der Waals surface area (Å²) in [6.07, 6.45) is 0. The fourth-order valence-corrected chi connectivity index (χ4v) is 2.61. The van der Waals surface area contributed by atoms with Crippen LogP contribution in [0.15, 0.2) is 27.8 Å². The number of aryl methyl sites for hydroxylation is 2. The van der Waals surface area contributed by atoms with Crippen LogP contribution in [-0.2, 0) is 4.79 Å². The molecule has 0 radical (unpaired) electrons. The van der Waals surface area contributed by atoms with E-state index in [9.17, 15) is 4.79 Å². The summed E-state index contributed by atoms with van der Waals surface area (Å²) in [6.45, 7) is 11.8. The zero-order chi connectivity index (χ0) is 17.2. The summed E-state index contributed by atoms with van der Waals surface area (Å²) in [6, 6.07) is 6.01. The molecule has 1 aromatic heterocycles. The van der Waals surface area contributed by atoms with Gasteiger partial charge in [-0.25, -0.2) is 0 Å². The average Bonchev–Trinajstić information content (AvgIpc) is 2.88. The number of nitrogens with zero attached hydrogens (tertiary/aromatic N) is 2. The number of carbonyl (C=O) groups excluding carboxylic acids is 1. The molecule has 2 aromatic rings. The first-order valence-corrected chi connectivity index (χ1v) is 8.43. The number of benzene rings is 1. The van der Waals surface area contributed by atoms with Gasteiger partial charge in [0.1, 0.15) is 0 Å². The lowest BCUT2D eigenvalue weighted by Gasteiger charge is -2.22. The Morgan fingerprint density at radius 3 is 2.52 bits per heavy atom. The molecule has 1 atom stereocenters. The molecule has 1 N–H and O–H groups in total. The highest BCUT2D eigenvalue weighted by Gasteiger charge is 2.22. The van der Waals surface area contributed by atoms with Crippen molar-refractivity contribution in [2.24, 2.45) is 0 Å². The summed E-state index contributed by atoms with van der Waals surface area (Å²) in [4.78, 5) is 12.1. The van der Waals surface area contributed by atoms with Gasteiger partial charge >= 0.3 is 0 Å². The second kappa shape index (κ2) is 6.74. The number of amides is 1. The van der Waals surface area contributed by atoms with Gasteiger partial charge in [0.2, 0.25) is 11.8 Å². The standard InChI is InChI=1S/C17H23N3O2S/c1-10-7-8-13(9-11(10)2)15-19-20-16(22-15)23-12(3)14(21)18-17(4,5)6/h7-9,12H,1-6H3,(H,18,21)/t12-/m1/s1. The van der Waals surface area contributed by atoms with Gasteiger partial charge < -0.3 is 9.73 Å². The fraction of sp³-hybridized carbons (Fsp3) is 0.471. The molecule has 0 saturated heterocycles. The first kappa shape index (κ1) is 17.5. The molecule has 0 spiro atoms. The summed E-state index contributed by atoms with van der Waals surface area (Å²) >= 11 is 1.26. The summed E-state index contributed by atoms with van der Waals surface area (Å²) in [5, 5.41) is 11.1. The van der Waals surface area contributed by atoms with Crippen molar-refractivity contribution in [1.82, 2.24) is 15.5 Å². The van der Waals surface area contributed by atoms with E-state index in [0.29, 0.717) is 11.1 Å². The van der Waals surface area contributed by atoms with Crippen molar-refractivity contribution in [1.29, 1.82) is 0 Å². The van der Waals surface area contributed by atoms with E-state index < -0.39 is 0 Å². The van der Waals surface area contributed by atoms with Crippen molar-refractivity contribution in [3.63, 3.8) is 0 Å². The maximum absolute atomic E-state index is 12.1. The van der Waals surface area contributed by atoms with Gasteiger partial charge in [0, 0.05) is 11.1 Å². The summed E-state index contributed by atoms with van der Waals surface area (Å²) in [7, 11) is 0. The van der Waals surface area contributed by atoms with E-state index in [4.69, 9.17) is 4.42 Å². The van der Waals surface area contributed by atoms with Crippen molar-refractivity contribution in [2.45, 2.75) is 57.6 Å². The van der Waals surface area contributed by atoms with Crippen LogP contribution in [0.1, 0.15) is 38.8 Å². The Labute approximate surface area is 141 Å². The van der Waals surface area contributed by atoms with E-state index >= 15 is 0 Å². The maximum atomic E-state index is 12.1. The molecule has 124 valence electrons. The molecule has 0 aliphatic heterocycles. The van der Waals surface area contributed by atoms with Gasteiger partial charge in [-0.1, -0.05) is 17.8 Å². The lowest BCUT2D eigenvalue weighted by atomic mass is 10.1. The van der Waals surface area contributed by atoms with Gasteiger partial charge in [0.05, 0.1) is 5.25 Å². The average molecular weight is 333 g/mol. The van der Waals surface area contributed by atoms with Gasteiger partial charge in [-0.2, -0.15) is 0 Å². The number of carbonyl (C=O) groups is 1. The van der Waals surface area contributed by atoms with Crippen LogP contribution < -0.4 is 5.32 Å². The Morgan fingerprint density at radius 1 is 1.22 bits per heavy atom. The number of hydrogen-bond donors (Lipinski definition) is 1. The highest BCUT2D eigenvalue weighted by atomic mass is 32.2. The number of hydrogen-bond acceptors (Lipinski definition) is 5. The molecule has 5 nitrogen and oxygen atoms in total. The lowest BCUT2D eigenvalue weighted by Crippen LogP contribution is -2.44. The van der Waals surface area contributed by atoms with E-state index in [0.717, 1.165) is 5.56 Å². The number of thioether (sulfide) groups is 1. The smallest absolute Gasteiger partial charge is 0.277 e. The summed E-state index contributed by atoms with van der Waals surface area (Å²) in [5.74, 6) is 0.424. The highest BCUT2D eigenvalue weighted by Crippen LogP contribution is 2.27. The summed E-state index contributed by atoms with van der Waals surface area (Å²) < 4.78 is 5.68. The van der Waals surface area contributed by atoms with Gasteiger partial charge in [-0.15, -0.1) is 10.2 Å². The third-order valence-corrected chi connectivity index (χ3v) is 4.24. The van der Waals surface area contributed by atoms with Crippen LogP contribution in [0.5, 0.6) is 0 Å². The first-order chi connectivity index (χ1) is 10.7. The van der Waals surface area contributed by atoms with Crippen LogP contribution in [0.25, 0.3) is 11.5 Å². The molecule has 2 rings (SSSR count). The molecule has 6 heteroatoms. The Balaban J connectivity index is 2.07. The summed E-state index contributed by atoms with van der Waals surface area (Å²) in [5.41, 5.74) is 3.02. The topological polar surface area (TPSA) is 68.0 Å². The monoisotopic (exact) mass is 333 g/mol. The minimum absolute atomic E-state index is 0.0477. The van der Waals surface area contributed by atoms with E-state index in [2.05, 4.69) is 22.4 Å². The van der Waals surface area contributed by atoms with Crippen LogP contribution in [0.2, 0.25) is 0 Å². The Kier molecular flexibility index (Phi) is 5.14. The van der Waals surface area contributed by atoms with Crippen molar-refractivity contribution in [2.75, 3.05) is 0 Å². The molecule has 0 aliphatic carbocycles. The van der Waals surface area contributed by atoms with Crippen molar-refractivity contribution in [3.05, 3.63) is 29.3 Å². The van der Waals surface area contributed by atoms with E-state index in [1.54, 1.807) is 0 Å². The number of aromatic nitrogens is 2. The Bertz CT molecular complexity index is 704. The van der Waals surface area contributed by atoms with Crippen molar-refractivity contribution >= 4 is 17.7 Å². The molecule has 1 aromatic carbocycles. The predicted octanol–water partition coefficient (Wildman–Crippen LogP) is 3.75. The molecule has 1 amide bonds. The van der Waals surface area contributed by atoms with E-state index in [1.807, 2.05) is 52.8 Å². The number of nitrogens with one attached hydrogen (secondary N) is 1. The highest BCUT2D eigenvalue weighted by molar-refractivity contribution is 8.00. The van der Waals surface area contributed by atoms with E-state index in [1.165, 1.54) is 22.9 Å². The minimum atomic E-state index is -0.303. The zero-order valence-corrected chi connectivity index (χ0v) is 15.2. The normalized spacial score (nSPS) is 13.0. The molecule has 23 heavy (non-hydrogen) atoms. The Hall–Kier alpha value is -1.82. The second-order valence-corrected chi connectivity index (χ2v) is 7.96. The zero-order valence-electron chi connectivity index (χ0n) is 14.4. The van der Waals surface area contributed by atoms with Gasteiger partial charge in [0.25, 0.3) is 5.22 Å². The predicted molar refractivity (Wildman–Crippen MR) is 92.4 cm³/mol. The molecule has 0 unspecified atom stereocenters. The van der Waals surface area contributed by atoms with E-state index in [-0.39, 0.29) is 16.7 Å². The third-order valence-electron chi connectivity index (χ3n) is 3.31. The largest absolute Gasteiger partial charge is 0.411 e. The second-order valence-electron chi connectivity index (χ2n) is 6.67. The van der Waals surface area contributed by atoms with Crippen LogP contribution in [0.3, 0.4) is 0 Å². The van der Waals surface area contributed by atoms with Crippen LogP contribution in [0, 0.1) is 13.8 Å². The van der Waals surface area contributed by atoms with Gasteiger partial charge in [-0.05, 0) is 64.8 Å². The van der Waals surface area contributed by atoms with Gasteiger partial charge in [-0.3, -0.25) is 4.79 Å². The SMILES string of the molecule is Cc1ccc(-c2nnc(S[C@H](C)C(=O)NC(C)(C)C)o2)cc1C. The van der Waals surface area contributed by atoms with Crippen molar-refractivity contribution < 1.29 is 9.21 Å². The van der Waals surface area contributed by atoms with Crippen LogP contribution in [0.4, 0.5) is 0 Å². The fourth-order valence-electron chi connectivity index (χ4n) is 1.92. The molecule has 0 bridgehead atoms. The molecule has 0 fully saturated rings. The molecule has 0 saturated carbocycles. The number of rotatable bonds is 4. The molecular formula is C17H23N3O2S. The van der Waals surface area contributed by atoms with Crippen LogP contribution >= 0.6 is 11.8 Å². The molecule has 0 aliphatic rings. The first-order valence-electron chi connectivity index (χ1n) is 7.55. The van der Waals surface area contributed by atoms with Crippen LogP contribution in [-0.4, -0.2) is 26.9 Å². The Morgan fingerprint density at radius 2 is 1.91 bits per heavy atom. The maximum Gasteiger partial charge on any atom is 0.277 e. The minimum Gasteiger partial charge on any atom is -0.411 e. The third kappa shape index (κ3) is 4.82. The van der Waals surface area contributed by atoms with Gasteiger partial charge in [0.15, 0.2) is 0 Å². The van der Waals surface area contributed by atoms with Crippen molar-refractivity contribution in [3.8, 4) is 11.5 Å². The molecule has 1 heterocycles. The quantitative estimate of drug-likeness (QED) is 0.863. The lowest BCUT2D eigenvalue weighted by molar-refractivity contribution is -0.121.